The van der Waals surface area contributed by atoms with Crippen molar-refractivity contribution < 1.29 is 9.13 Å². The zero-order chi connectivity index (χ0) is 13.7. The minimum Gasteiger partial charge on any atom is -0.489 e. The summed E-state index contributed by atoms with van der Waals surface area (Å²) < 4.78 is 19.8. The van der Waals surface area contributed by atoms with Crippen molar-refractivity contribution in [3.05, 3.63) is 28.5 Å². The van der Waals surface area contributed by atoms with Crippen molar-refractivity contribution >= 4 is 15.9 Å². The predicted octanol–water partition coefficient (Wildman–Crippen LogP) is 4.14. The lowest BCUT2D eigenvalue weighted by Crippen LogP contribution is -2.39. The van der Waals surface area contributed by atoms with E-state index in [9.17, 15) is 4.39 Å². The summed E-state index contributed by atoms with van der Waals surface area (Å²) in [5, 5.41) is 3.52. The minimum atomic E-state index is -0.311. The van der Waals surface area contributed by atoms with Gasteiger partial charge in [-0.3, -0.25) is 0 Å². The summed E-state index contributed by atoms with van der Waals surface area (Å²) in [7, 11) is 0. The number of halogens is 2. The summed E-state index contributed by atoms with van der Waals surface area (Å²) in [6.07, 6.45) is 5.20. The summed E-state index contributed by atoms with van der Waals surface area (Å²) in [6, 6.07) is 5.34. The highest BCUT2D eigenvalue weighted by molar-refractivity contribution is 9.10. The third-order valence-corrected chi connectivity index (χ3v) is 4.26. The van der Waals surface area contributed by atoms with E-state index in [1.807, 2.05) is 0 Å². The van der Waals surface area contributed by atoms with E-state index < -0.39 is 0 Å². The van der Waals surface area contributed by atoms with E-state index in [0.29, 0.717) is 18.4 Å². The fraction of sp³-hybridized carbons (Fsp3) is 0.600. The Morgan fingerprint density at radius 1 is 1.37 bits per heavy atom. The fourth-order valence-electron chi connectivity index (χ4n) is 2.61. The number of benzene rings is 1. The predicted molar refractivity (Wildman–Crippen MR) is 79.0 cm³/mol. The van der Waals surface area contributed by atoms with Crippen molar-refractivity contribution in [2.75, 3.05) is 13.2 Å². The summed E-state index contributed by atoms with van der Waals surface area (Å²) in [5.74, 6) is 0.735. The van der Waals surface area contributed by atoms with Crippen LogP contribution in [0.4, 0.5) is 4.39 Å². The molecule has 0 heterocycles. The van der Waals surface area contributed by atoms with Crippen LogP contribution in [0.25, 0.3) is 0 Å². The lowest BCUT2D eigenvalue weighted by molar-refractivity contribution is 0.247. The number of nitrogens with one attached hydrogen (secondary N) is 1. The number of rotatable bonds is 5. The van der Waals surface area contributed by atoms with Gasteiger partial charge >= 0.3 is 0 Å². The van der Waals surface area contributed by atoms with Crippen LogP contribution in [0.3, 0.4) is 0 Å². The van der Waals surface area contributed by atoms with Crippen molar-refractivity contribution in [2.24, 2.45) is 5.92 Å². The molecule has 4 heteroatoms. The normalized spacial score (nSPS) is 23.3. The Kier molecular flexibility index (Phi) is 5.64. The molecule has 2 nitrogen and oxygen atoms in total. The van der Waals surface area contributed by atoms with Crippen LogP contribution in [-0.2, 0) is 0 Å². The molecule has 1 fully saturated rings. The standard InChI is InChI=1S/C15H21BrFNO/c1-11-4-2-3-5-14(11)18-8-9-19-15-10-12(16)6-7-13(15)17/h6-7,10-11,14,18H,2-5,8-9H2,1H3. The van der Waals surface area contributed by atoms with E-state index >= 15 is 0 Å². The highest BCUT2D eigenvalue weighted by Crippen LogP contribution is 2.24. The van der Waals surface area contributed by atoms with Crippen LogP contribution in [-0.4, -0.2) is 19.2 Å². The number of hydrogen-bond donors (Lipinski definition) is 1. The molecule has 0 bridgehead atoms. The van der Waals surface area contributed by atoms with E-state index in [-0.39, 0.29) is 5.82 Å². The van der Waals surface area contributed by atoms with Gasteiger partial charge in [-0.1, -0.05) is 35.7 Å². The van der Waals surface area contributed by atoms with E-state index in [1.165, 1.54) is 31.7 Å². The summed E-state index contributed by atoms with van der Waals surface area (Å²) in [5.41, 5.74) is 0. The first-order chi connectivity index (χ1) is 9.16. The van der Waals surface area contributed by atoms with Gasteiger partial charge in [-0.05, 0) is 37.0 Å². The Morgan fingerprint density at radius 2 is 2.16 bits per heavy atom. The van der Waals surface area contributed by atoms with Crippen LogP contribution in [0.15, 0.2) is 22.7 Å². The van der Waals surface area contributed by atoms with Gasteiger partial charge in [0.1, 0.15) is 6.61 Å². The summed E-state index contributed by atoms with van der Waals surface area (Å²) in [6.45, 7) is 3.56. The highest BCUT2D eigenvalue weighted by Gasteiger charge is 2.20. The average molecular weight is 330 g/mol. The molecule has 1 aliphatic carbocycles. The lowest BCUT2D eigenvalue weighted by atomic mass is 9.86. The second-order valence-electron chi connectivity index (χ2n) is 5.25. The smallest absolute Gasteiger partial charge is 0.165 e. The maximum atomic E-state index is 13.4. The van der Waals surface area contributed by atoms with Crippen molar-refractivity contribution in [1.29, 1.82) is 0 Å². The molecule has 1 aliphatic rings. The highest BCUT2D eigenvalue weighted by atomic mass is 79.9. The molecule has 2 unspecified atom stereocenters. The summed E-state index contributed by atoms with van der Waals surface area (Å²) >= 11 is 3.31. The molecule has 0 spiro atoms. The first kappa shape index (κ1) is 14.8. The quantitative estimate of drug-likeness (QED) is 0.820. The Bertz CT molecular complexity index is 413. The van der Waals surface area contributed by atoms with Crippen LogP contribution in [0.5, 0.6) is 5.75 Å². The molecule has 0 radical (unpaired) electrons. The lowest BCUT2D eigenvalue weighted by Gasteiger charge is -2.29. The number of ether oxygens (including phenoxy) is 1. The monoisotopic (exact) mass is 329 g/mol. The Labute approximate surface area is 122 Å². The zero-order valence-electron chi connectivity index (χ0n) is 11.3. The Morgan fingerprint density at radius 3 is 2.95 bits per heavy atom. The molecule has 0 saturated heterocycles. The van der Waals surface area contributed by atoms with Crippen LogP contribution < -0.4 is 10.1 Å². The zero-order valence-corrected chi connectivity index (χ0v) is 12.9. The van der Waals surface area contributed by atoms with Crippen LogP contribution in [0, 0.1) is 11.7 Å². The van der Waals surface area contributed by atoms with Gasteiger partial charge in [0.15, 0.2) is 11.6 Å². The molecular formula is C15H21BrFNO. The van der Waals surface area contributed by atoms with Crippen molar-refractivity contribution in [3.63, 3.8) is 0 Å². The van der Waals surface area contributed by atoms with Gasteiger partial charge in [0, 0.05) is 17.1 Å². The fourth-order valence-corrected chi connectivity index (χ4v) is 2.95. The van der Waals surface area contributed by atoms with E-state index in [1.54, 1.807) is 12.1 Å². The van der Waals surface area contributed by atoms with E-state index in [0.717, 1.165) is 16.9 Å². The largest absolute Gasteiger partial charge is 0.489 e. The topological polar surface area (TPSA) is 21.3 Å². The molecular weight excluding hydrogens is 309 g/mol. The maximum absolute atomic E-state index is 13.4. The van der Waals surface area contributed by atoms with Gasteiger partial charge in [0.2, 0.25) is 0 Å². The maximum Gasteiger partial charge on any atom is 0.165 e. The van der Waals surface area contributed by atoms with Gasteiger partial charge < -0.3 is 10.1 Å². The third kappa shape index (κ3) is 4.46. The Balaban J connectivity index is 1.73. The van der Waals surface area contributed by atoms with Gasteiger partial charge in [0.05, 0.1) is 0 Å². The first-order valence-corrected chi connectivity index (χ1v) is 7.77. The minimum absolute atomic E-state index is 0.311. The first-order valence-electron chi connectivity index (χ1n) is 6.98. The second kappa shape index (κ2) is 7.25. The van der Waals surface area contributed by atoms with E-state index in [2.05, 4.69) is 28.2 Å². The molecule has 0 amide bonds. The van der Waals surface area contributed by atoms with Crippen LogP contribution >= 0.6 is 15.9 Å². The molecule has 1 N–H and O–H groups in total. The molecule has 0 aliphatic heterocycles. The van der Waals surface area contributed by atoms with Crippen molar-refractivity contribution in [3.8, 4) is 5.75 Å². The third-order valence-electron chi connectivity index (χ3n) is 3.77. The van der Waals surface area contributed by atoms with Crippen LogP contribution in [0.2, 0.25) is 0 Å². The average Bonchev–Trinajstić information content (AvgIpc) is 2.40. The van der Waals surface area contributed by atoms with Gasteiger partial charge in [0.25, 0.3) is 0 Å². The van der Waals surface area contributed by atoms with Gasteiger partial charge in [-0.2, -0.15) is 0 Å². The number of hydrogen-bond acceptors (Lipinski definition) is 2. The summed E-state index contributed by atoms with van der Waals surface area (Å²) in [4.78, 5) is 0. The van der Waals surface area contributed by atoms with Gasteiger partial charge in [-0.25, -0.2) is 4.39 Å². The molecule has 0 aromatic heterocycles. The van der Waals surface area contributed by atoms with Crippen LogP contribution in [0.1, 0.15) is 32.6 Å². The molecule has 19 heavy (non-hydrogen) atoms. The molecule has 1 saturated carbocycles. The van der Waals surface area contributed by atoms with Gasteiger partial charge in [-0.15, -0.1) is 0 Å². The molecule has 1 aromatic carbocycles. The Hall–Kier alpha value is -0.610. The molecule has 106 valence electrons. The van der Waals surface area contributed by atoms with Crippen molar-refractivity contribution in [2.45, 2.75) is 38.6 Å². The van der Waals surface area contributed by atoms with E-state index in [4.69, 9.17) is 4.74 Å². The second-order valence-corrected chi connectivity index (χ2v) is 6.16. The molecule has 2 rings (SSSR count). The molecule has 1 aromatic rings. The van der Waals surface area contributed by atoms with Crippen molar-refractivity contribution in [1.82, 2.24) is 5.32 Å². The molecule has 2 atom stereocenters. The SMILES string of the molecule is CC1CCCCC1NCCOc1cc(Br)ccc1F.